The number of hydrogen-bond donors (Lipinski definition) is 1. The number of nitrogens with zero attached hydrogens (tertiary/aromatic N) is 4. The molecule has 0 saturated heterocycles. The van der Waals surface area contributed by atoms with E-state index in [1.807, 2.05) is 6.92 Å². The Labute approximate surface area is 132 Å². The van der Waals surface area contributed by atoms with Gasteiger partial charge in [0, 0.05) is 24.5 Å². The minimum Gasteiger partial charge on any atom is -0.319 e. The predicted molar refractivity (Wildman–Crippen MR) is 83.6 cm³/mol. The van der Waals surface area contributed by atoms with Crippen LogP contribution in [0.5, 0.6) is 0 Å². The van der Waals surface area contributed by atoms with Gasteiger partial charge in [-0.25, -0.2) is 4.39 Å². The molecule has 1 N–H and O–H groups in total. The topological polar surface area (TPSA) is 64.7 Å². The van der Waals surface area contributed by atoms with Crippen LogP contribution in [0, 0.1) is 5.82 Å². The predicted octanol–water partition coefficient (Wildman–Crippen LogP) is 2.54. The Bertz CT molecular complexity index is 823. The number of carbonyl (C=O) groups excluding carboxylic acids is 1. The van der Waals surface area contributed by atoms with Crippen LogP contribution in [0.15, 0.2) is 49.1 Å². The molecule has 118 valence electrons. The number of anilines is 1. The van der Waals surface area contributed by atoms with Crippen molar-refractivity contribution in [2.45, 2.75) is 20.0 Å². The van der Waals surface area contributed by atoms with E-state index in [-0.39, 0.29) is 11.7 Å². The molecule has 0 atom stereocenters. The molecule has 23 heavy (non-hydrogen) atoms. The summed E-state index contributed by atoms with van der Waals surface area (Å²) in [5, 5.41) is 10.9. The van der Waals surface area contributed by atoms with Crippen molar-refractivity contribution in [2.24, 2.45) is 0 Å². The standard InChI is InChI=1S/C16H16FN5O/c1-2-21-10-13(7-18-21)16(23)20-14-8-19-22(11-14)9-12-5-3-4-6-15(12)17/h3-8,10-11H,2,9H2,1H3,(H,20,23). The highest BCUT2D eigenvalue weighted by Crippen LogP contribution is 2.12. The molecular weight excluding hydrogens is 297 g/mol. The summed E-state index contributed by atoms with van der Waals surface area (Å²) in [4.78, 5) is 12.1. The second-order valence-corrected chi connectivity index (χ2v) is 5.06. The Morgan fingerprint density at radius 3 is 2.70 bits per heavy atom. The van der Waals surface area contributed by atoms with Gasteiger partial charge in [-0.2, -0.15) is 10.2 Å². The molecule has 0 aliphatic carbocycles. The highest BCUT2D eigenvalue weighted by atomic mass is 19.1. The van der Waals surface area contributed by atoms with Crippen LogP contribution in [0.2, 0.25) is 0 Å². The van der Waals surface area contributed by atoms with Crippen LogP contribution in [0.25, 0.3) is 0 Å². The van der Waals surface area contributed by atoms with E-state index in [9.17, 15) is 9.18 Å². The fraction of sp³-hybridized carbons (Fsp3) is 0.188. The number of aryl methyl sites for hydroxylation is 1. The highest BCUT2D eigenvalue weighted by molar-refractivity contribution is 6.03. The van der Waals surface area contributed by atoms with Gasteiger partial charge >= 0.3 is 0 Å². The molecule has 0 fully saturated rings. The monoisotopic (exact) mass is 313 g/mol. The van der Waals surface area contributed by atoms with E-state index < -0.39 is 0 Å². The number of hydrogen-bond acceptors (Lipinski definition) is 3. The Morgan fingerprint density at radius 2 is 1.96 bits per heavy atom. The van der Waals surface area contributed by atoms with Gasteiger partial charge in [0.2, 0.25) is 0 Å². The minimum absolute atomic E-state index is 0.254. The molecule has 1 aromatic carbocycles. The van der Waals surface area contributed by atoms with Gasteiger partial charge in [-0.15, -0.1) is 0 Å². The van der Waals surface area contributed by atoms with E-state index >= 15 is 0 Å². The fourth-order valence-corrected chi connectivity index (χ4v) is 2.17. The van der Waals surface area contributed by atoms with Crippen LogP contribution in [0.3, 0.4) is 0 Å². The first-order valence-corrected chi connectivity index (χ1v) is 7.25. The first kappa shape index (κ1) is 15.0. The molecule has 6 nitrogen and oxygen atoms in total. The second-order valence-electron chi connectivity index (χ2n) is 5.06. The van der Waals surface area contributed by atoms with E-state index in [1.54, 1.807) is 40.0 Å². The molecule has 0 aliphatic rings. The number of carbonyl (C=O) groups is 1. The van der Waals surface area contributed by atoms with Crippen molar-refractivity contribution < 1.29 is 9.18 Å². The van der Waals surface area contributed by atoms with Crippen LogP contribution < -0.4 is 5.32 Å². The number of halogens is 1. The number of benzene rings is 1. The molecule has 3 aromatic rings. The van der Waals surface area contributed by atoms with Crippen LogP contribution in [-0.2, 0) is 13.1 Å². The van der Waals surface area contributed by atoms with Crippen molar-refractivity contribution in [2.75, 3.05) is 5.32 Å². The van der Waals surface area contributed by atoms with E-state index in [4.69, 9.17) is 0 Å². The maximum absolute atomic E-state index is 13.6. The van der Waals surface area contributed by atoms with E-state index in [0.717, 1.165) is 0 Å². The average Bonchev–Trinajstić information content (AvgIpc) is 3.19. The van der Waals surface area contributed by atoms with Gasteiger partial charge in [-0.3, -0.25) is 14.2 Å². The molecule has 0 aliphatic heterocycles. The average molecular weight is 313 g/mol. The summed E-state index contributed by atoms with van der Waals surface area (Å²) in [7, 11) is 0. The molecule has 0 saturated carbocycles. The lowest BCUT2D eigenvalue weighted by molar-refractivity contribution is 0.102. The maximum atomic E-state index is 13.6. The third-order valence-corrected chi connectivity index (χ3v) is 3.40. The number of aromatic nitrogens is 4. The van der Waals surface area contributed by atoms with Crippen molar-refractivity contribution in [3.05, 3.63) is 66.0 Å². The van der Waals surface area contributed by atoms with Crippen LogP contribution in [-0.4, -0.2) is 25.5 Å². The quantitative estimate of drug-likeness (QED) is 0.787. The van der Waals surface area contributed by atoms with Crippen molar-refractivity contribution in [1.29, 1.82) is 0 Å². The largest absolute Gasteiger partial charge is 0.319 e. The van der Waals surface area contributed by atoms with Gasteiger partial charge in [0.05, 0.1) is 30.2 Å². The third-order valence-electron chi connectivity index (χ3n) is 3.40. The number of rotatable bonds is 5. The van der Waals surface area contributed by atoms with E-state index in [0.29, 0.717) is 29.9 Å². The lowest BCUT2D eigenvalue weighted by Crippen LogP contribution is -2.10. The molecule has 0 unspecified atom stereocenters. The number of amides is 1. The zero-order chi connectivity index (χ0) is 16.2. The first-order chi connectivity index (χ1) is 11.2. The van der Waals surface area contributed by atoms with Gasteiger partial charge in [-0.1, -0.05) is 18.2 Å². The van der Waals surface area contributed by atoms with E-state index in [1.165, 1.54) is 18.5 Å². The summed E-state index contributed by atoms with van der Waals surface area (Å²) >= 11 is 0. The van der Waals surface area contributed by atoms with Crippen molar-refractivity contribution >= 4 is 11.6 Å². The molecule has 2 aromatic heterocycles. The second kappa shape index (κ2) is 6.43. The van der Waals surface area contributed by atoms with Crippen molar-refractivity contribution in [3.8, 4) is 0 Å². The normalized spacial score (nSPS) is 10.7. The van der Waals surface area contributed by atoms with Gasteiger partial charge in [-0.05, 0) is 13.0 Å². The van der Waals surface area contributed by atoms with Crippen molar-refractivity contribution in [1.82, 2.24) is 19.6 Å². The lowest BCUT2D eigenvalue weighted by atomic mass is 10.2. The molecular formula is C16H16FN5O. The SMILES string of the molecule is CCn1cc(C(=O)Nc2cnn(Cc3ccccc3F)c2)cn1. The molecule has 7 heteroatoms. The summed E-state index contributed by atoms with van der Waals surface area (Å²) < 4.78 is 16.9. The summed E-state index contributed by atoms with van der Waals surface area (Å²) in [6.07, 6.45) is 6.39. The lowest BCUT2D eigenvalue weighted by Gasteiger charge is -2.03. The van der Waals surface area contributed by atoms with Crippen LogP contribution >= 0.6 is 0 Å². The summed E-state index contributed by atoms with van der Waals surface area (Å²) in [5.74, 6) is -0.532. The molecule has 0 bridgehead atoms. The van der Waals surface area contributed by atoms with Gasteiger partial charge < -0.3 is 5.32 Å². The van der Waals surface area contributed by atoms with Crippen molar-refractivity contribution in [3.63, 3.8) is 0 Å². The highest BCUT2D eigenvalue weighted by Gasteiger charge is 2.10. The minimum atomic E-state index is -0.277. The van der Waals surface area contributed by atoms with Gasteiger partial charge in [0.1, 0.15) is 5.82 Å². The molecule has 0 spiro atoms. The molecule has 2 heterocycles. The summed E-state index contributed by atoms with van der Waals surface area (Å²) in [6.45, 7) is 2.95. The van der Waals surface area contributed by atoms with Crippen LogP contribution in [0.1, 0.15) is 22.8 Å². The maximum Gasteiger partial charge on any atom is 0.258 e. The number of nitrogens with one attached hydrogen (secondary N) is 1. The Balaban J connectivity index is 1.67. The molecule has 1 amide bonds. The Hall–Kier alpha value is -2.96. The first-order valence-electron chi connectivity index (χ1n) is 7.25. The Morgan fingerprint density at radius 1 is 1.17 bits per heavy atom. The smallest absolute Gasteiger partial charge is 0.258 e. The Kier molecular flexibility index (Phi) is 4.18. The molecule has 3 rings (SSSR count). The molecule has 0 radical (unpaired) electrons. The summed E-state index contributed by atoms with van der Waals surface area (Å²) in [5.41, 5.74) is 1.57. The van der Waals surface area contributed by atoms with Gasteiger partial charge in [0.25, 0.3) is 5.91 Å². The van der Waals surface area contributed by atoms with Gasteiger partial charge in [0.15, 0.2) is 0 Å². The summed E-state index contributed by atoms with van der Waals surface area (Å²) in [6, 6.07) is 6.53. The zero-order valence-electron chi connectivity index (χ0n) is 12.6. The zero-order valence-corrected chi connectivity index (χ0v) is 12.6. The van der Waals surface area contributed by atoms with Crippen LogP contribution in [0.4, 0.5) is 10.1 Å². The third kappa shape index (κ3) is 3.45. The van der Waals surface area contributed by atoms with E-state index in [2.05, 4.69) is 15.5 Å². The fourth-order valence-electron chi connectivity index (χ4n) is 2.17.